The van der Waals surface area contributed by atoms with E-state index in [4.69, 9.17) is 55.9 Å². The Balaban J connectivity index is 0.000000490. The Kier molecular flexibility index (Phi) is 14.1. The van der Waals surface area contributed by atoms with Crippen molar-refractivity contribution in [1.29, 1.82) is 0 Å². The first-order valence-electron chi connectivity index (χ1n) is 17.9. The molecule has 0 N–H and O–H groups in total. The van der Waals surface area contributed by atoms with E-state index in [0.717, 1.165) is 86.1 Å². The number of rotatable bonds is 9. The van der Waals surface area contributed by atoms with Crippen molar-refractivity contribution in [2.24, 2.45) is 11.8 Å². The third kappa shape index (κ3) is 8.63. The number of anilines is 4. The molecule has 3 aliphatic rings. The standard InChI is InChI=1S/C32H44N4O4.B10/c1-7-35-25-19-29(39-5)27(17-23(25)11-9-21(3)31(35)37)33-13-15-34(16-14-33)28-18-24-12-10-22(4)32(38)36(8-2)26(24)20-30(28)40-6;1-7(2)10(8(3)4)9(5)6/h17-22H,7-16H2,1-6H3;. The number of piperazine rings is 1. The van der Waals surface area contributed by atoms with Crippen LogP contribution in [0.5, 0.6) is 11.5 Å². The Bertz CT molecular complexity index is 1380. The van der Waals surface area contributed by atoms with E-state index in [1.807, 2.05) is 37.5 Å². The predicted octanol–water partition coefficient (Wildman–Crippen LogP) is 1.09. The quantitative estimate of drug-likeness (QED) is 0.377. The van der Waals surface area contributed by atoms with Crippen molar-refractivity contribution >= 4 is 107 Å². The summed E-state index contributed by atoms with van der Waals surface area (Å²) in [6.45, 7) is 12.8. The third-order valence-electron chi connectivity index (χ3n) is 10.3. The number of carbonyl (C=O) groups is 2. The molecule has 2 atom stereocenters. The topological polar surface area (TPSA) is 65.6 Å². The van der Waals surface area contributed by atoms with E-state index in [9.17, 15) is 9.59 Å². The molecule has 1 fully saturated rings. The highest BCUT2D eigenvalue weighted by molar-refractivity contribution is 8.00. The van der Waals surface area contributed by atoms with Crippen LogP contribution in [0.4, 0.5) is 22.7 Å². The minimum Gasteiger partial charge on any atom is -0.495 e. The molecule has 18 heteroatoms. The Morgan fingerprint density at radius 3 is 1.22 bits per heavy atom. The average molecular weight is 657 g/mol. The Morgan fingerprint density at radius 1 is 0.620 bits per heavy atom. The highest BCUT2D eigenvalue weighted by Crippen LogP contribution is 2.42. The van der Waals surface area contributed by atoms with Gasteiger partial charge in [-0.2, -0.15) is 0 Å². The molecule has 2 aromatic carbocycles. The molecule has 2 aromatic rings. The van der Waals surface area contributed by atoms with Crippen molar-refractivity contribution in [2.45, 2.75) is 53.4 Å². The molecule has 3 heterocycles. The molecule has 2 unspecified atom stereocenters. The third-order valence-corrected chi connectivity index (χ3v) is 10.3. The normalized spacial score (nSPS) is 18.9. The molecule has 0 spiro atoms. The van der Waals surface area contributed by atoms with E-state index in [-0.39, 0.29) is 23.7 Å². The summed E-state index contributed by atoms with van der Waals surface area (Å²) in [6.07, 6.45) is 1.05. The number of fused-ring (bicyclic) bond motifs is 2. The van der Waals surface area contributed by atoms with Crippen LogP contribution >= 0.6 is 0 Å². The maximum Gasteiger partial charge on any atom is 0.229 e. The lowest BCUT2D eigenvalue weighted by Crippen LogP contribution is -2.62. The highest BCUT2D eigenvalue weighted by Gasteiger charge is 2.32. The van der Waals surface area contributed by atoms with Gasteiger partial charge in [-0.25, -0.2) is 0 Å². The van der Waals surface area contributed by atoms with Crippen LogP contribution in [0.25, 0.3) is 0 Å². The van der Waals surface area contributed by atoms with Gasteiger partial charge in [0.2, 0.25) is 11.8 Å². The molecule has 5 rings (SSSR count). The van der Waals surface area contributed by atoms with Gasteiger partial charge in [-0.05, 0) is 62.8 Å². The lowest BCUT2D eigenvalue weighted by Gasteiger charge is -2.39. The van der Waals surface area contributed by atoms with E-state index in [2.05, 4.69) is 34.1 Å². The van der Waals surface area contributed by atoms with E-state index >= 15 is 0 Å². The zero-order valence-electron chi connectivity index (χ0n) is 30.7. The number of hydrogen-bond donors (Lipinski definition) is 0. The van der Waals surface area contributed by atoms with E-state index < -0.39 is 25.5 Å². The maximum absolute atomic E-state index is 13.0. The summed E-state index contributed by atoms with van der Waals surface area (Å²) >= 11 is 0. The molecule has 50 heavy (non-hydrogen) atoms. The molecule has 8 nitrogen and oxygen atoms in total. The van der Waals surface area contributed by atoms with Crippen molar-refractivity contribution in [3.8, 4) is 11.5 Å². The first-order valence-corrected chi connectivity index (χ1v) is 17.9. The van der Waals surface area contributed by atoms with Gasteiger partial charge >= 0.3 is 0 Å². The molecule has 0 aromatic heterocycles. The predicted molar refractivity (Wildman–Crippen MR) is 219 cm³/mol. The Labute approximate surface area is 309 Å². The van der Waals surface area contributed by atoms with E-state index in [1.165, 1.54) is 11.1 Å². The van der Waals surface area contributed by atoms with Gasteiger partial charge in [0.15, 0.2) is 0 Å². The first-order chi connectivity index (χ1) is 23.8. The number of methoxy groups -OCH3 is 2. The van der Waals surface area contributed by atoms with Gasteiger partial charge in [0.1, 0.15) is 11.5 Å². The van der Waals surface area contributed by atoms with Gasteiger partial charge in [-0.15, -0.1) is 0 Å². The Hall–Kier alpha value is -2.77. The van der Waals surface area contributed by atoms with Crippen molar-refractivity contribution in [3.05, 3.63) is 35.4 Å². The minimum absolute atomic E-state index is 0.0203. The average Bonchev–Trinajstić information content (AvgIpc) is 3.28. The lowest BCUT2D eigenvalue weighted by atomic mass is 8.58. The van der Waals surface area contributed by atoms with Crippen molar-refractivity contribution in [2.75, 3.05) is 73.1 Å². The van der Waals surface area contributed by atoms with Crippen molar-refractivity contribution in [3.63, 3.8) is 0 Å². The highest BCUT2D eigenvalue weighted by atomic mass is 16.5. The largest absolute Gasteiger partial charge is 0.495 e. The zero-order chi connectivity index (χ0) is 36.9. The number of hydrogen-bond acceptors (Lipinski definition) is 6. The van der Waals surface area contributed by atoms with Crippen LogP contribution in [0.1, 0.15) is 51.7 Å². The fourth-order valence-corrected chi connectivity index (χ4v) is 7.30. The second kappa shape index (κ2) is 17.6. The molecule has 3 aliphatic heterocycles. The smallest absolute Gasteiger partial charge is 0.229 e. The summed E-state index contributed by atoms with van der Waals surface area (Å²) < 4.78 is 11.8. The molecular formula is C32H44B10N4O4. The number of benzene rings is 2. The number of nitrogens with zero attached hydrogens (tertiary/aromatic N) is 4. The molecule has 0 aliphatic carbocycles. The van der Waals surface area contributed by atoms with Crippen LogP contribution in [-0.2, 0) is 22.4 Å². The van der Waals surface area contributed by atoms with Crippen molar-refractivity contribution in [1.82, 2.24) is 0 Å². The van der Waals surface area contributed by atoms with Crippen molar-refractivity contribution < 1.29 is 19.1 Å². The van der Waals surface area contributed by atoms with Gasteiger partial charge < -0.3 is 29.1 Å². The summed E-state index contributed by atoms with van der Waals surface area (Å²) in [5.41, 5.74) is 6.60. The number of amides is 2. The van der Waals surface area contributed by atoms with Gasteiger partial charge in [-0.3, -0.25) is 9.59 Å². The van der Waals surface area contributed by atoms with Crippen LogP contribution in [0, 0.1) is 11.8 Å². The van der Waals surface area contributed by atoms with Gasteiger partial charge in [0.05, 0.1) is 37.0 Å². The van der Waals surface area contributed by atoms with Crippen LogP contribution in [0.3, 0.4) is 0 Å². The van der Waals surface area contributed by atoms with E-state index in [1.54, 1.807) is 14.2 Å². The summed E-state index contributed by atoms with van der Waals surface area (Å²) in [5.74, 6) is 2.06. The molecule has 1 saturated heterocycles. The molecule has 0 saturated carbocycles. The van der Waals surface area contributed by atoms with Gasteiger partial charge in [-0.1, -0.05) is 13.8 Å². The lowest BCUT2D eigenvalue weighted by molar-refractivity contribution is -0.122. The number of aryl methyl sites for hydroxylation is 2. The first kappa shape index (κ1) is 40.0. The van der Waals surface area contributed by atoms with Gasteiger partial charge in [0.25, 0.3) is 0 Å². The monoisotopic (exact) mass is 658 g/mol. The summed E-state index contributed by atoms with van der Waals surface area (Å²) in [5, 5.41) is 0. The maximum atomic E-state index is 13.0. The zero-order valence-corrected chi connectivity index (χ0v) is 30.7. The fourth-order valence-electron chi connectivity index (χ4n) is 7.30. The Morgan fingerprint density at radius 2 is 0.960 bits per heavy atom. The van der Waals surface area contributed by atoms with Crippen LogP contribution < -0.4 is 29.1 Å². The molecule has 2 amide bonds. The molecule has 0 bridgehead atoms. The molecular weight excluding hydrogens is 612 g/mol. The van der Waals surface area contributed by atoms with Crippen LogP contribution in [0.2, 0.25) is 0 Å². The second-order valence-corrected chi connectivity index (χ2v) is 13.6. The minimum atomic E-state index is -0.667. The van der Waals surface area contributed by atoms with E-state index in [0.29, 0.717) is 13.1 Å². The summed E-state index contributed by atoms with van der Waals surface area (Å²) in [4.78, 5) is 34.6. The number of ether oxygens (including phenoxy) is 2. The summed E-state index contributed by atoms with van der Waals surface area (Å²) in [6, 6.07) is 8.62. The summed E-state index contributed by atoms with van der Waals surface area (Å²) in [7, 11) is 35.2. The van der Waals surface area contributed by atoms with Crippen LogP contribution in [0.15, 0.2) is 24.3 Å². The number of carbonyl (C=O) groups excluding carboxylic acids is 2. The van der Waals surface area contributed by atoms with Crippen LogP contribution in [-0.4, -0.2) is 137 Å². The molecule has 246 valence electrons. The second-order valence-electron chi connectivity index (χ2n) is 13.6. The fraction of sp³-hybridized carbons (Fsp3) is 0.562. The molecule has 12 radical (unpaired) electrons. The van der Waals surface area contributed by atoms with Gasteiger partial charge in [0, 0.05) is 135 Å². The SMILES string of the molecule is CCN1C(=O)C(C)CCc2cc(N3CCN(c4cc5c(cc4OC)N(CC)C(=O)C(C)CC5)CC3)c(OC)cc21.[B]B([B])B(B([B])[B])B([B])[B].